The third kappa shape index (κ3) is 10.1. The molecule has 7 nitrogen and oxygen atoms in total. The molecule has 0 saturated carbocycles. The Kier molecular flexibility index (Phi) is 13.2. The van der Waals surface area contributed by atoms with E-state index in [0.717, 1.165) is 39.3 Å². The van der Waals surface area contributed by atoms with Gasteiger partial charge in [-0.2, -0.15) is 0 Å². The van der Waals surface area contributed by atoms with Crippen LogP contribution in [0.1, 0.15) is 48.0 Å². The van der Waals surface area contributed by atoms with E-state index in [4.69, 9.17) is 9.73 Å². The maximum Gasteiger partial charge on any atom is 0.191 e. The smallest absolute Gasteiger partial charge is 0.191 e. The third-order valence-corrected chi connectivity index (χ3v) is 7.31. The van der Waals surface area contributed by atoms with E-state index in [2.05, 4.69) is 29.4 Å². The van der Waals surface area contributed by atoms with E-state index >= 15 is 0 Å². The molecule has 2 N–H and O–H groups in total. The molecule has 1 aliphatic heterocycles. The maximum atomic E-state index is 12.3. The molecule has 0 amide bonds. The number of hydrogen-bond donors (Lipinski definition) is 2. The Bertz CT molecular complexity index is 556. The van der Waals surface area contributed by atoms with Crippen LogP contribution in [0.25, 0.3) is 0 Å². The van der Waals surface area contributed by atoms with Crippen molar-refractivity contribution in [3.05, 3.63) is 0 Å². The number of sulfone groups is 1. The number of ether oxygens (including phenoxy) is 1. The fourth-order valence-corrected chi connectivity index (χ4v) is 3.96. The Morgan fingerprint density at radius 2 is 1.79 bits per heavy atom. The summed E-state index contributed by atoms with van der Waals surface area (Å²) in [4.78, 5) is 7.20. The highest BCUT2D eigenvalue weighted by atomic mass is 127. The minimum absolute atomic E-state index is 0. The summed E-state index contributed by atoms with van der Waals surface area (Å²) in [6.45, 7) is 16.9. The molecule has 1 unspecified atom stereocenters. The van der Waals surface area contributed by atoms with E-state index in [1.807, 2.05) is 6.92 Å². The van der Waals surface area contributed by atoms with Crippen molar-refractivity contribution in [1.29, 1.82) is 0 Å². The molecular weight excluding hydrogens is 491 g/mol. The Hall–Kier alpha value is -0.130. The molecule has 1 aliphatic rings. The van der Waals surface area contributed by atoms with Crippen LogP contribution in [-0.2, 0) is 14.6 Å². The van der Waals surface area contributed by atoms with Crippen molar-refractivity contribution in [2.45, 2.75) is 58.8 Å². The first-order chi connectivity index (χ1) is 12.6. The van der Waals surface area contributed by atoms with Crippen LogP contribution in [-0.4, -0.2) is 81.8 Å². The Balaban J connectivity index is 0.00000729. The first-order valence-corrected chi connectivity index (χ1v) is 11.8. The first kappa shape index (κ1) is 27.9. The molecule has 0 aromatic rings. The predicted octanol–water partition coefficient (Wildman–Crippen LogP) is 2.12. The molecule has 0 aromatic carbocycles. The standard InChI is InChI=1S/C19H40N4O3S.HI/c1-7-20-18(21-8-13-27(24,25)19(4,5)6)22-15-17(14-16(2)3)23-9-11-26-12-10-23;/h16-17H,7-15H2,1-6H3,(H2,20,21,22);1H. The highest BCUT2D eigenvalue weighted by Crippen LogP contribution is 2.15. The number of morpholine rings is 1. The summed E-state index contributed by atoms with van der Waals surface area (Å²) in [5.41, 5.74) is 0. The quantitative estimate of drug-likeness (QED) is 0.269. The molecule has 1 rings (SSSR count). The number of nitrogens with one attached hydrogen (secondary N) is 2. The monoisotopic (exact) mass is 532 g/mol. The van der Waals surface area contributed by atoms with Crippen LogP contribution in [0, 0.1) is 5.92 Å². The zero-order chi connectivity index (χ0) is 20.5. The Morgan fingerprint density at radius 1 is 1.18 bits per heavy atom. The van der Waals surface area contributed by atoms with Crippen molar-refractivity contribution in [1.82, 2.24) is 15.5 Å². The lowest BCUT2D eigenvalue weighted by Gasteiger charge is -2.34. The molecule has 1 fully saturated rings. The lowest BCUT2D eigenvalue weighted by Crippen LogP contribution is -2.47. The normalized spacial score (nSPS) is 17.9. The molecule has 1 heterocycles. The highest BCUT2D eigenvalue weighted by Gasteiger charge is 2.28. The van der Waals surface area contributed by atoms with Gasteiger partial charge in [0, 0.05) is 32.2 Å². The molecule has 0 radical (unpaired) electrons. The summed E-state index contributed by atoms with van der Waals surface area (Å²) in [5.74, 6) is 1.38. The van der Waals surface area contributed by atoms with E-state index in [1.165, 1.54) is 0 Å². The van der Waals surface area contributed by atoms with Gasteiger partial charge in [0.1, 0.15) is 0 Å². The number of nitrogens with zero attached hydrogens (tertiary/aromatic N) is 2. The fraction of sp³-hybridized carbons (Fsp3) is 0.947. The lowest BCUT2D eigenvalue weighted by atomic mass is 10.0. The summed E-state index contributed by atoms with van der Waals surface area (Å²) in [6, 6.07) is 0.377. The molecular formula is C19H41IN4O3S. The summed E-state index contributed by atoms with van der Waals surface area (Å²) in [7, 11) is -3.14. The minimum atomic E-state index is -3.14. The predicted molar refractivity (Wildman–Crippen MR) is 129 cm³/mol. The number of aliphatic imine (C=N–C) groups is 1. The van der Waals surface area contributed by atoms with E-state index in [-0.39, 0.29) is 29.7 Å². The molecule has 0 spiro atoms. The highest BCUT2D eigenvalue weighted by molar-refractivity contribution is 14.0. The number of halogens is 1. The molecule has 28 heavy (non-hydrogen) atoms. The third-order valence-electron chi connectivity index (χ3n) is 4.71. The molecule has 1 saturated heterocycles. The van der Waals surface area contributed by atoms with Crippen LogP contribution in [0.2, 0.25) is 0 Å². The van der Waals surface area contributed by atoms with Crippen LogP contribution in [0.5, 0.6) is 0 Å². The fourth-order valence-electron chi connectivity index (χ4n) is 2.97. The summed E-state index contributed by atoms with van der Waals surface area (Å²) < 4.78 is 29.3. The molecule has 9 heteroatoms. The van der Waals surface area contributed by atoms with Crippen LogP contribution >= 0.6 is 24.0 Å². The number of guanidine groups is 1. The summed E-state index contributed by atoms with van der Waals surface area (Å²) in [5, 5.41) is 6.40. The molecule has 1 atom stereocenters. The zero-order valence-electron chi connectivity index (χ0n) is 18.5. The van der Waals surface area contributed by atoms with E-state index in [9.17, 15) is 8.42 Å². The topological polar surface area (TPSA) is 83.0 Å². The van der Waals surface area contributed by atoms with Crippen molar-refractivity contribution in [3.8, 4) is 0 Å². The Labute approximate surface area is 189 Å². The minimum Gasteiger partial charge on any atom is -0.379 e. The Morgan fingerprint density at radius 3 is 2.29 bits per heavy atom. The van der Waals surface area contributed by atoms with Gasteiger partial charge >= 0.3 is 0 Å². The van der Waals surface area contributed by atoms with Crippen LogP contribution in [0.3, 0.4) is 0 Å². The van der Waals surface area contributed by atoms with Crippen LogP contribution < -0.4 is 10.6 Å². The average Bonchev–Trinajstić information content (AvgIpc) is 2.57. The molecule has 0 aliphatic carbocycles. The molecule has 0 bridgehead atoms. The van der Waals surface area contributed by atoms with Gasteiger partial charge < -0.3 is 15.4 Å². The largest absolute Gasteiger partial charge is 0.379 e. The van der Waals surface area contributed by atoms with Gasteiger partial charge in [0.2, 0.25) is 0 Å². The van der Waals surface area contributed by atoms with Crippen molar-refractivity contribution >= 4 is 39.8 Å². The maximum absolute atomic E-state index is 12.3. The van der Waals surface area contributed by atoms with Crippen molar-refractivity contribution in [2.24, 2.45) is 10.9 Å². The second-order valence-electron chi connectivity index (χ2n) is 8.51. The van der Waals surface area contributed by atoms with Crippen molar-refractivity contribution < 1.29 is 13.2 Å². The van der Waals surface area contributed by atoms with Gasteiger partial charge in [-0.05, 0) is 40.0 Å². The van der Waals surface area contributed by atoms with Gasteiger partial charge in [-0.3, -0.25) is 9.89 Å². The number of rotatable bonds is 9. The van der Waals surface area contributed by atoms with Crippen molar-refractivity contribution in [2.75, 3.05) is 51.7 Å². The average molecular weight is 533 g/mol. The SMILES string of the molecule is CCNC(=NCC(CC(C)C)N1CCOCC1)NCCS(=O)(=O)C(C)(C)C.I. The summed E-state index contributed by atoms with van der Waals surface area (Å²) >= 11 is 0. The lowest BCUT2D eigenvalue weighted by molar-refractivity contribution is 0.0143. The van der Waals surface area contributed by atoms with Gasteiger partial charge in [0.25, 0.3) is 0 Å². The second-order valence-corrected chi connectivity index (χ2v) is 11.4. The van der Waals surface area contributed by atoms with E-state index in [0.29, 0.717) is 31.0 Å². The van der Waals surface area contributed by atoms with Gasteiger partial charge in [0.05, 0.1) is 30.3 Å². The summed E-state index contributed by atoms with van der Waals surface area (Å²) in [6.07, 6.45) is 1.08. The first-order valence-electron chi connectivity index (χ1n) is 10.1. The van der Waals surface area contributed by atoms with E-state index in [1.54, 1.807) is 20.8 Å². The van der Waals surface area contributed by atoms with Crippen LogP contribution in [0.15, 0.2) is 4.99 Å². The van der Waals surface area contributed by atoms with Gasteiger partial charge in [0.15, 0.2) is 15.8 Å². The molecule has 0 aromatic heterocycles. The zero-order valence-corrected chi connectivity index (χ0v) is 21.6. The van der Waals surface area contributed by atoms with Gasteiger partial charge in [-0.25, -0.2) is 8.42 Å². The van der Waals surface area contributed by atoms with Gasteiger partial charge in [-0.15, -0.1) is 24.0 Å². The second kappa shape index (κ2) is 13.2. The molecule has 168 valence electrons. The van der Waals surface area contributed by atoms with Gasteiger partial charge in [-0.1, -0.05) is 13.8 Å². The number of hydrogen-bond acceptors (Lipinski definition) is 5. The van der Waals surface area contributed by atoms with E-state index < -0.39 is 14.6 Å². The van der Waals surface area contributed by atoms with Crippen LogP contribution in [0.4, 0.5) is 0 Å². The van der Waals surface area contributed by atoms with Crippen molar-refractivity contribution in [3.63, 3.8) is 0 Å².